The summed E-state index contributed by atoms with van der Waals surface area (Å²) in [6.07, 6.45) is 0. The molecule has 21 heavy (non-hydrogen) atoms. The molecule has 1 aromatic heterocycles. The third kappa shape index (κ3) is 4.09. The number of ether oxygens (including phenoxy) is 1. The first kappa shape index (κ1) is 16.1. The summed E-state index contributed by atoms with van der Waals surface area (Å²) in [6.45, 7) is 0. The molecule has 0 unspecified atom stereocenters. The van der Waals surface area contributed by atoms with Gasteiger partial charge in [-0.25, -0.2) is 0 Å². The van der Waals surface area contributed by atoms with E-state index in [4.69, 9.17) is 16.3 Å². The average molecular weight is 344 g/mol. The predicted octanol–water partition coefficient (Wildman–Crippen LogP) is 3.24. The Bertz CT molecular complexity index is 646. The van der Waals surface area contributed by atoms with Gasteiger partial charge in [-0.2, -0.15) is 0 Å². The number of methoxy groups -OCH3 is 1. The van der Waals surface area contributed by atoms with E-state index in [1.165, 1.54) is 30.2 Å². The maximum Gasteiger partial charge on any atom is 0.208 e. The fraction of sp³-hybridized carbons (Fsp3) is 0.308. The van der Waals surface area contributed by atoms with Crippen molar-refractivity contribution in [3.63, 3.8) is 0 Å². The first-order valence-electron chi connectivity index (χ1n) is 6.01. The molecule has 5 nitrogen and oxygen atoms in total. The number of aromatic nitrogens is 2. The number of benzene rings is 1. The molecule has 0 fully saturated rings. The molecule has 0 saturated heterocycles. The van der Waals surface area contributed by atoms with Gasteiger partial charge in [-0.15, -0.1) is 10.2 Å². The fourth-order valence-corrected chi connectivity index (χ4v) is 3.41. The van der Waals surface area contributed by atoms with Crippen molar-refractivity contribution in [2.24, 2.45) is 0 Å². The summed E-state index contributed by atoms with van der Waals surface area (Å²) in [5, 5.41) is 9.31. The molecule has 0 aliphatic carbocycles. The van der Waals surface area contributed by atoms with Crippen LogP contribution >= 0.6 is 34.7 Å². The van der Waals surface area contributed by atoms with E-state index in [1.807, 2.05) is 19.0 Å². The second-order valence-corrected chi connectivity index (χ2v) is 6.89. The number of halogens is 1. The minimum Gasteiger partial charge on any atom is -0.495 e. The smallest absolute Gasteiger partial charge is 0.208 e. The van der Waals surface area contributed by atoms with E-state index in [-0.39, 0.29) is 5.78 Å². The molecule has 1 aromatic carbocycles. The molecule has 0 N–H and O–H groups in total. The highest BCUT2D eigenvalue weighted by molar-refractivity contribution is 8.01. The minimum absolute atomic E-state index is 0.00819. The van der Waals surface area contributed by atoms with Crippen LogP contribution in [-0.2, 0) is 0 Å². The van der Waals surface area contributed by atoms with Crippen molar-refractivity contribution in [2.75, 3.05) is 31.9 Å². The summed E-state index contributed by atoms with van der Waals surface area (Å²) >= 11 is 8.85. The van der Waals surface area contributed by atoms with E-state index in [9.17, 15) is 4.79 Å². The van der Waals surface area contributed by atoms with E-state index in [1.54, 1.807) is 18.2 Å². The van der Waals surface area contributed by atoms with Gasteiger partial charge in [0.1, 0.15) is 5.75 Å². The van der Waals surface area contributed by atoms with Gasteiger partial charge in [0, 0.05) is 19.7 Å². The Morgan fingerprint density at radius 1 is 1.43 bits per heavy atom. The fourth-order valence-electron chi connectivity index (χ4n) is 1.49. The quantitative estimate of drug-likeness (QED) is 0.593. The van der Waals surface area contributed by atoms with Gasteiger partial charge in [0.15, 0.2) is 10.1 Å². The molecule has 2 rings (SSSR count). The van der Waals surface area contributed by atoms with Crippen LogP contribution in [0.4, 0.5) is 5.13 Å². The largest absolute Gasteiger partial charge is 0.495 e. The lowest BCUT2D eigenvalue weighted by molar-refractivity contribution is 0.102. The number of carbonyl (C=O) groups is 1. The third-order valence-electron chi connectivity index (χ3n) is 2.58. The topological polar surface area (TPSA) is 55.3 Å². The molecular formula is C13H14ClN3O2S2. The van der Waals surface area contributed by atoms with Crippen LogP contribution in [0.5, 0.6) is 5.75 Å². The first-order chi connectivity index (χ1) is 10.0. The molecule has 0 atom stereocenters. The first-order valence-corrected chi connectivity index (χ1v) is 8.19. The zero-order valence-corrected chi connectivity index (χ0v) is 14.2. The summed E-state index contributed by atoms with van der Waals surface area (Å²) in [5.74, 6) is 0.844. The van der Waals surface area contributed by atoms with E-state index in [0.29, 0.717) is 22.1 Å². The van der Waals surface area contributed by atoms with Gasteiger partial charge in [0.05, 0.1) is 17.9 Å². The molecular weight excluding hydrogens is 330 g/mol. The Balaban J connectivity index is 1.99. The van der Waals surface area contributed by atoms with Crippen LogP contribution in [0.2, 0.25) is 5.02 Å². The molecule has 0 spiro atoms. The van der Waals surface area contributed by atoms with Crippen LogP contribution in [0.15, 0.2) is 22.5 Å². The molecule has 0 bridgehead atoms. The number of hydrogen-bond acceptors (Lipinski definition) is 7. The maximum absolute atomic E-state index is 12.1. The lowest BCUT2D eigenvalue weighted by atomic mass is 10.1. The highest BCUT2D eigenvalue weighted by atomic mass is 35.5. The molecule has 8 heteroatoms. The van der Waals surface area contributed by atoms with Gasteiger partial charge in [-0.05, 0) is 18.2 Å². The van der Waals surface area contributed by atoms with Gasteiger partial charge < -0.3 is 9.64 Å². The van der Waals surface area contributed by atoms with Gasteiger partial charge in [-0.1, -0.05) is 34.7 Å². The Morgan fingerprint density at radius 2 is 2.19 bits per heavy atom. The third-order valence-corrected chi connectivity index (χ3v) is 5.10. The van der Waals surface area contributed by atoms with Crippen molar-refractivity contribution < 1.29 is 9.53 Å². The number of hydrogen-bond donors (Lipinski definition) is 0. The summed E-state index contributed by atoms with van der Waals surface area (Å²) in [4.78, 5) is 14.0. The standard InChI is InChI=1S/C13H14ClN3O2S2/c1-17(2)12-15-16-13(21-12)20-7-10(18)8-4-5-11(19-3)9(14)6-8/h4-6H,7H2,1-3H3. The zero-order valence-electron chi connectivity index (χ0n) is 11.8. The van der Waals surface area contributed by atoms with Crippen molar-refractivity contribution in [1.82, 2.24) is 10.2 Å². The lowest BCUT2D eigenvalue weighted by Gasteiger charge is -2.05. The minimum atomic E-state index is -0.00819. The van der Waals surface area contributed by atoms with Crippen molar-refractivity contribution in [3.05, 3.63) is 28.8 Å². The second-order valence-electron chi connectivity index (χ2n) is 4.31. The van der Waals surface area contributed by atoms with Crippen molar-refractivity contribution in [2.45, 2.75) is 4.34 Å². The van der Waals surface area contributed by atoms with Crippen LogP contribution < -0.4 is 9.64 Å². The van der Waals surface area contributed by atoms with Gasteiger partial charge in [0.2, 0.25) is 5.13 Å². The Labute approximate surface area is 136 Å². The molecule has 0 radical (unpaired) electrons. The number of carbonyl (C=O) groups excluding carboxylic acids is 1. The highest BCUT2D eigenvalue weighted by Gasteiger charge is 2.12. The summed E-state index contributed by atoms with van der Waals surface area (Å²) in [7, 11) is 5.34. The Hall–Kier alpha value is -1.31. The SMILES string of the molecule is COc1ccc(C(=O)CSc2nnc(N(C)C)s2)cc1Cl. The van der Waals surface area contributed by atoms with Gasteiger partial charge in [0.25, 0.3) is 0 Å². The lowest BCUT2D eigenvalue weighted by Crippen LogP contribution is -2.07. The van der Waals surface area contributed by atoms with Crippen molar-refractivity contribution >= 4 is 45.6 Å². The average Bonchev–Trinajstić information content (AvgIpc) is 2.93. The van der Waals surface area contributed by atoms with Crippen molar-refractivity contribution in [1.29, 1.82) is 0 Å². The number of anilines is 1. The number of thioether (sulfide) groups is 1. The normalized spacial score (nSPS) is 10.5. The molecule has 1 heterocycles. The van der Waals surface area contributed by atoms with Crippen LogP contribution in [0.3, 0.4) is 0 Å². The molecule has 2 aromatic rings. The van der Waals surface area contributed by atoms with E-state index in [0.717, 1.165) is 9.47 Å². The van der Waals surface area contributed by atoms with E-state index in [2.05, 4.69) is 10.2 Å². The van der Waals surface area contributed by atoms with Gasteiger partial charge >= 0.3 is 0 Å². The molecule has 0 aliphatic heterocycles. The van der Waals surface area contributed by atoms with Crippen LogP contribution in [0.1, 0.15) is 10.4 Å². The van der Waals surface area contributed by atoms with E-state index >= 15 is 0 Å². The van der Waals surface area contributed by atoms with E-state index < -0.39 is 0 Å². The molecule has 0 aliphatic rings. The zero-order chi connectivity index (χ0) is 15.4. The monoisotopic (exact) mass is 343 g/mol. The Morgan fingerprint density at radius 3 is 2.76 bits per heavy atom. The molecule has 0 saturated carbocycles. The number of rotatable bonds is 6. The van der Waals surface area contributed by atoms with Gasteiger partial charge in [-0.3, -0.25) is 4.79 Å². The Kier molecular flexibility index (Phi) is 5.44. The molecule has 0 amide bonds. The number of Topliss-reactive ketones (excluding diaryl/α,β-unsaturated/α-hetero) is 1. The van der Waals surface area contributed by atoms with Crippen LogP contribution in [-0.4, -0.2) is 42.9 Å². The van der Waals surface area contributed by atoms with Crippen molar-refractivity contribution in [3.8, 4) is 5.75 Å². The van der Waals surface area contributed by atoms with Crippen LogP contribution in [0.25, 0.3) is 0 Å². The summed E-state index contributed by atoms with van der Waals surface area (Å²) < 4.78 is 5.83. The van der Waals surface area contributed by atoms with Crippen LogP contribution in [0, 0.1) is 0 Å². The molecule has 112 valence electrons. The summed E-state index contributed by atoms with van der Waals surface area (Å²) in [5.41, 5.74) is 0.561. The maximum atomic E-state index is 12.1. The predicted molar refractivity (Wildman–Crippen MR) is 87.3 cm³/mol. The number of nitrogens with zero attached hydrogens (tertiary/aromatic N) is 3. The second kappa shape index (κ2) is 7.11. The number of ketones is 1. The highest BCUT2D eigenvalue weighted by Crippen LogP contribution is 2.29. The summed E-state index contributed by atoms with van der Waals surface area (Å²) in [6, 6.07) is 5.02.